The van der Waals surface area contributed by atoms with Crippen LogP contribution in [0.15, 0.2) is 24.3 Å². The smallest absolute Gasteiger partial charge is 0.164 e. The van der Waals surface area contributed by atoms with Crippen molar-refractivity contribution in [3.05, 3.63) is 34.9 Å². The van der Waals surface area contributed by atoms with Gasteiger partial charge in [0.25, 0.3) is 0 Å². The van der Waals surface area contributed by atoms with Crippen LogP contribution < -0.4 is 0 Å². The highest BCUT2D eigenvalue weighted by atomic mass is 35.5. The Bertz CT molecular complexity index is 439. The van der Waals surface area contributed by atoms with Crippen molar-refractivity contribution in [1.29, 1.82) is 0 Å². The minimum Gasteiger partial charge on any atom is -0.383 e. The molecule has 5 heteroatoms. The number of hydrogen-bond donors (Lipinski definition) is 0. The Kier molecular flexibility index (Phi) is 8.54. The molecule has 21 heavy (non-hydrogen) atoms. The fraction of sp³-hybridized carbons (Fsp3) is 0.562. The van der Waals surface area contributed by atoms with Crippen molar-refractivity contribution in [2.24, 2.45) is 0 Å². The Labute approximate surface area is 132 Å². The summed E-state index contributed by atoms with van der Waals surface area (Å²) in [6, 6.07) is 7.32. The highest BCUT2D eigenvalue weighted by molar-refractivity contribution is 6.31. The van der Waals surface area contributed by atoms with Gasteiger partial charge < -0.3 is 9.47 Å². The van der Waals surface area contributed by atoms with E-state index in [1.165, 1.54) is 0 Å². The standard InChI is InChI=1S/C16H24ClNO3/c1-13(12-21-3)18(9-10-20-2)8-7-16(19)14-5-4-6-15(17)11-14/h4-6,11,13H,7-10,12H2,1-3H3. The van der Waals surface area contributed by atoms with E-state index in [2.05, 4.69) is 11.8 Å². The number of carbonyl (C=O) groups is 1. The lowest BCUT2D eigenvalue weighted by atomic mass is 10.1. The number of ketones is 1. The van der Waals surface area contributed by atoms with E-state index in [4.69, 9.17) is 21.1 Å². The second-order valence-electron chi connectivity index (χ2n) is 5.02. The molecule has 0 bridgehead atoms. The third-order valence-electron chi connectivity index (χ3n) is 3.39. The molecule has 0 amide bonds. The van der Waals surface area contributed by atoms with Crippen LogP contribution in [0.2, 0.25) is 5.02 Å². The number of ether oxygens (including phenoxy) is 2. The Balaban J connectivity index is 2.56. The van der Waals surface area contributed by atoms with Gasteiger partial charge in [-0.2, -0.15) is 0 Å². The molecule has 0 aliphatic carbocycles. The molecule has 0 fully saturated rings. The van der Waals surface area contributed by atoms with Gasteiger partial charge >= 0.3 is 0 Å². The fourth-order valence-electron chi connectivity index (χ4n) is 2.16. The molecule has 0 aromatic heterocycles. The first-order valence-electron chi connectivity index (χ1n) is 7.09. The van der Waals surface area contributed by atoms with Gasteiger partial charge in [-0.15, -0.1) is 0 Å². The third-order valence-corrected chi connectivity index (χ3v) is 3.62. The SMILES string of the molecule is COCCN(CCC(=O)c1cccc(Cl)c1)C(C)COC. The number of hydrogen-bond acceptors (Lipinski definition) is 4. The van der Waals surface area contributed by atoms with Gasteiger partial charge in [-0.1, -0.05) is 23.7 Å². The van der Waals surface area contributed by atoms with Gasteiger partial charge in [0.1, 0.15) is 0 Å². The molecule has 4 nitrogen and oxygen atoms in total. The van der Waals surface area contributed by atoms with Crippen molar-refractivity contribution in [2.45, 2.75) is 19.4 Å². The Morgan fingerprint density at radius 1 is 1.29 bits per heavy atom. The lowest BCUT2D eigenvalue weighted by molar-refractivity contribution is 0.0703. The maximum atomic E-state index is 12.2. The number of benzene rings is 1. The van der Waals surface area contributed by atoms with Crippen LogP contribution in [0.3, 0.4) is 0 Å². The van der Waals surface area contributed by atoms with E-state index in [0.717, 1.165) is 6.54 Å². The maximum absolute atomic E-state index is 12.2. The van der Waals surface area contributed by atoms with Gasteiger partial charge in [-0.05, 0) is 19.1 Å². The van der Waals surface area contributed by atoms with Crippen LogP contribution in [0.4, 0.5) is 0 Å². The highest BCUT2D eigenvalue weighted by Crippen LogP contribution is 2.13. The molecule has 118 valence electrons. The number of nitrogens with zero attached hydrogens (tertiary/aromatic N) is 1. The third kappa shape index (κ3) is 6.57. The van der Waals surface area contributed by atoms with E-state index in [1.54, 1.807) is 38.5 Å². The Hall–Kier alpha value is -0.940. The Morgan fingerprint density at radius 2 is 2.05 bits per heavy atom. The summed E-state index contributed by atoms with van der Waals surface area (Å²) in [5, 5.41) is 0.588. The molecule has 0 aliphatic heterocycles. The van der Waals surface area contributed by atoms with Crippen LogP contribution in [0.1, 0.15) is 23.7 Å². The summed E-state index contributed by atoms with van der Waals surface area (Å²) in [5.41, 5.74) is 0.661. The number of Topliss-reactive ketones (excluding diaryl/α,β-unsaturated/α-hetero) is 1. The number of halogens is 1. The summed E-state index contributed by atoms with van der Waals surface area (Å²) in [4.78, 5) is 14.4. The predicted molar refractivity (Wildman–Crippen MR) is 85.2 cm³/mol. The van der Waals surface area contributed by atoms with Crippen LogP contribution in [-0.2, 0) is 9.47 Å². The average molecular weight is 314 g/mol. The van der Waals surface area contributed by atoms with Crippen molar-refractivity contribution in [1.82, 2.24) is 4.90 Å². The first-order chi connectivity index (χ1) is 10.1. The van der Waals surface area contributed by atoms with Gasteiger partial charge in [-0.25, -0.2) is 0 Å². The first kappa shape index (κ1) is 18.1. The molecular formula is C16H24ClNO3. The summed E-state index contributed by atoms with van der Waals surface area (Å²) in [6.07, 6.45) is 0.456. The minimum atomic E-state index is 0.101. The van der Waals surface area contributed by atoms with Gasteiger partial charge in [-0.3, -0.25) is 9.69 Å². The van der Waals surface area contributed by atoms with Crippen LogP contribution in [0, 0.1) is 0 Å². The lowest BCUT2D eigenvalue weighted by Crippen LogP contribution is -2.39. The van der Waals surface area contributed by atoms with E-state index >= 15 is 0 Å². The average Bonchev–Trinajstić information content (AvgIpc) is 2.47. The predicted octanol–water partition coefficient (Wildman–Crippen LogP) is 2.90. The molecule has 0 N–H and O–H groups in total. The molecule has 0 heterocycles. The van der Waals surface area contributed by atoms with Crippen LogP contribution in [-0.4, -0.2) is 57.2 Å². The van der Waals surface area contributed by atoms with Gasteiger partial charge in [0.15, 0.2) is 5.78 Å². The lowest BCUT2D eigenvalue weighted by Gasteiger charge is -2.28. The highest BCUT2D eigenvalue weighted by Gasteiger charge is 2.15. The van der Waals surface area contributed by atoms with Gasteiger partial charge in [0.05, 0.1) is 13.2 Å². The summed E-state index contributed by atoms with van der Waals surface area (Å²) in [5.74, 6) is 0.101. The molecule has 1 atom stereocenters. The van der Waals surface area contributed by atoms with Crippen LogP contribution in [0.5, 0.6) is 0 Å². The van der Waals surface area contributed by atoms with E-state index in [9.17, 15) is 4.79 Å². The molecule has 1 rings (SSSR count). The molecule has 0 radical (unpaired) electrons. The fourth-order valence-corrected chi connectivity index (χ4v) is 2.35. The van der Waals surface area contributed by atoms with Crippen molar-refractivity contribution >= 4 is 17.4 Å². The van der Waals surface area contributed by atoms with Gasteiger partial charge in [0.2, 0.25) is 0 Å². The summed E-state index contributed by atoms with van der Waals surface area (Å²) < 4.78 is 10.3. The molecule has 0 saturated heterocycles. The number of rotatable bonds is 10. The monoisotopic (exact) mass is 313 g/mol. The van der Waals surface area contributed by atoms with Crippen LogP contribution >= 0.6 is 11.6 Å². The van der Waals surface area contributed by atoms with E-state index in [1.807, 2.05) is 0 Å². The second-order valence-corrected chi connectivity index (χ2v) is 5.45. The molecule has 1 unspecified atom stereocenters. The summed E-state index contributed by atoms with van der Waals surface area (Å²) >= 11 is 5.92. The molecule has 0 saturated carbocycles. The zero-order valence-corrected chi connectivity index (χ0v) is 13.7. The largest absolute Gasteiger partial charge is 0.383 e. The zero-order chi connectivity index (χ0) is 15.7. The summed E-state index contributed by atoms with van der Waals surface area (Å²) in [7, 11) is 3.36. The molecule has 0 spiro atoms. The van der Waals surface area contributed by atoms with Crippen molar-refractivity contribution in [3.8, 4) is 0 Å². The van der Waals surface area contributed by atoms with E-state index in [0.29, 0.717) is 36.8 Å². The van der Waals surface area contributed by atoms with Gasteiger partial charge in [0, 0.05) is 50.4 Å². The summed E-state index contributed by atoms with van der Waals surface area (Å²) in [6.45, 7) is 4.82. The van der Waals surface area contributed by atoms with Crippen molar-refractivity contribution < 1.29 is 14.3 Å². The maximum Gasteiger partial charge on any atom is 0.164 e. The van der Waals surface area contributed by atoms with Crippen LogP contribution in [0.25, 0.3) is 0 Å². The topological polar surface area (TPSA) is 38.8 Å². The van der Waals surface area contributed by atoms with E-state index < -0.39 is 0 Å². The first-order valence-corrected chi connectivity index (χ1v) is 7.47. The molecule has 0 aliphatic rings. The van der Waals surface area contributed by atoms with Crippen molar-refractivity contribution in [3.63, 3.8) is 0 Å². The quantitative estimate of drug-likeness (QED) is 0.623. The number of methoxy groups -OCH3 is 2. The molecule has 1 aromatic rings. The molecule has 1 aromatic carbocycles. The Morgan fingerprint density at radius 3 is 2.67 bits per heavy atom. The number of carbonyl (C=O) groups excluding carboxylic acids is 1. The minimum absolute atomic E-state index is 0.101. The van der Waals surface area contributed by atoms with Crippen molar-refractivity contribution in [2.75, 3.05) is 40.5 Å². The molecular weight excluding hydrogens is 290 g/mol. The van der Waals surface area contributed by atoms with E-state index in [-0.39, 0.29) is 11.8 Å². The normalized spacial score (nSPS) is 12.6. The zero-order valence-electron chi connectivity index (χ0n) is 13.0. The second kappa shape index (κ2) is 9.90.